The highest BCUT2D eigenvalue weighted by atomic mass is 16.5. The number of nitrogens with one attached hydrogen (secondary N) is 2. The lowest BCUT2D eigenvalue weighted by molar-refractivity contribution is 0.308. The Labute approximate surface area is 139 Å². The van der Waals surface area contributed by atoms with Gasteiger partial charge in [0, 0.05) is 25.7 Å². The summed E-state index contributed by atoms with van der Waals surface area (Å²) >= 11 is 0. The minimum atomic E-state index is 0.572. The normalized spacial score (nSPS) is 16.0. The van der Waals surface area contributed by atoms with Crippen molar-refractivity contribution in [2.75, 3.05) is 27.3 Å². The van der Waals surface area contributed by atoms with Gasteiger partial charge in [0.1, 0.15) is 11.5 Å². The van der Waals surface area contributed by atoms with Crippen molar-refractivity contribution in [2.45, 2.75) is 44.6 Å². The van der Waals surface area contributed by atoms with Crippen LogP contribution in [0.15, 0.2) is 29.3 Å². The Bertz CT molecular complexity index is 485. The fourth-order valence-electron chi connectivity index (χ4n) is 2.79. The van der Waals surface area contributed by atoms with E-state index < -0.39 is 0 Å². The van der Waals surface area contributed by atoms with Gasteiger partial charge in [0.25, 0.3) is 0 Å². The molecule has 1 aromatic rings. The molecule has 0 heterocycles. The highest BCUT2D eigenvalue weighted by Crippen LogP contribution is 2.19. The van der Waals surface area contributed by atoms with E-state index in [0.29, 0.717) is 12.6 Å². The molecule has 0 spiro atoms. The van der Waals surface area contributed by atoms with Crippen LogP contribution in [0.25, 0.3) is 0 Å². The SMILES string of the molecule is CN=C(NCCCOc1cccc(OC)c1)NC1CCCCC1. The van der Waals surface area contributed by atoms with E-state index in [0.717, 1.165) is 30.4 Å². The van der Waals surface area contributed by atoms with E-state index >= 15 is 0 Å². The molecule has 23 heavy (non-hydrogen) atoms. The first-order chi connectivity index (χ1) is 11.3. The van der Waals surface area contributed by atoms with Crippen LogP contribution in [0.5, 0.6) is 11.5 Å². The maximum Gasteiger partial charge on any atom is 0.191 e. The van der Waals surface area contributed by atoms with Gasteiger partial charge in [0.15, 0.2) is 5.96 Å². The summed E-state index contributed by atoms with van der Waals surface area (Å²) in [5.41, 5.74) is 0. The molecule has 1 aromatic carbocycles. The fraction of sp³-hybridized carbons (Fsp3) is 0.611. The Balaban J connectivity index is 1.61. The molecule has 0 unspecified atom stereocenters. The molecule has 0 bridgehead atoms. The summed E-state index contributed by atoms with van der Waals surface area (Å²) in [6.45, 7) is 1.51. The van der Waals surface area contributed by atoms with Crippen LogP contribution in [0, 0.1) is 0 Å². The highest BCUT2D eigenvalue weighted by molar-refractivity contribution is 5.79. The summed E-state index contributed by atoms with van der Waals surface area (Å²) in [7, 11) is 3.48. The van der Waals surface area contributed by atoms with Crippen molar-refractivity contribution >= 4 is 5.96 Å². The van der Waals surface area contributed by atoms with Gasteiger partial charge in [0.2, 0.25) is 0 Å². The lowest BCUT2D eigenvalue weighted by Gasteiger charge is -2.24. The van der Waals surface area contributed by atoms with E-state index in [1.165, 1.54) is 32.1 Å². The lowest BCUT2D eigenvalue weighted by atomic mass is 9.96. The largest absolute Gasteiger partial charge is 0.497 e. The standard InChI is InChI=1S/C18H29N3O2/c1-19-18(21-15-8-4-3-5-9-15)20-12-7-13-23-17-11-6-10-16(14-17)22-2/h6,10-11,14-15H,3-5,7-9,12-13H2,1-2H3,(H2,19,20,21). The molecule has 2 rings (SSSR count). The van der Waals surface area contributed by atoms with Gasteiger partial charge < -0.3 is 20.1 Å². The topological polar surface area (TPSA) is 54.9 Å². The van der Waals surface area contributed by atoms with Crippen LogP contribution in [0.3, 0.4) is 0 Å². The summed E-state index contributed by atoms with van der Waals surface area (Å²) in [5, 5.41) is 6.87. The monoisotopic (exact) mass is 319 g/mol. The number of nitrogens with zero attached hydrogens (tertiary/aromatic N) is 1. The average Bonchev–Trinajstić information content (AvgIpc) is 2.61. The van der Waals surface area contributed by atoms with E-state index in [4.69, 9.17) is 9.47 Å². The molecule has 0 aromatic heterocycles. The zero-order chi connectivity index (χ0) is 16.3. The molecule has 1 fully saturated rings. The zero-order valence-corrected chi connectivity index (χ0v) is 14.3. The Morgan fingerprint density at radius 1 is 1.22 bits per heavy atom. The Morgan fingerprint density at radius 2 is 2.00 bits per heavy atom. The van der Waals surface area contributed by atoms with Crippen molar-refractivity contribution in [3.05, 3.63) is 24.3 Å². The van der Waals surface area contributed by atoms with Gasteiger partial charge in [-0.05, 0) is 31.4 Å². The number of rotatable bonds is 7. The van der Waals surface area contributed by atoms with Gasteiger partial charge in [-0.3, -0.25) is 4.99 Å². The number of hydrogen-bond donors (Lipinski definition) is 2. The van der Waals surface area contributed by atoms with Gasteiger partial charge in [-0.2, -0.15) is 0 Å². The third kappa shape index (κ3) is 6.38. The molecule has 0 amide bonds. The first-order valence-electron chi connectivity index (χ1n) is 8.56. The van der Waals surface area contributed by atoms with Gasteiger partial charge in [0.05, 0.1) is 13.7 Å². The number of aliphatic imine (C=N–C) groups is 1. The molecular weight excluding hydrogens is 290 g/mol. The summed E-state index contributed by atoms with van der Waals surface area (Å²) in [4.78, 5) is 4.30. The Kier molecular flexibility index (Phi) is 7.57. The van der Waals surface area contributed by atoms with E-state index in [1.54, 1.807) is 7.11 Å². The number of ether oxygens (including phenoxy) is 2. The average molecular weight is 319 g/mol. The van der Waals surface area contributed by atoms with Crippen LogP contribution in [0.2, 0.25) is 0 Å². The Morgan fingerprint density at radius 3 is 2.74 bits per heavy atom. The number of benzene rings is 1. The second-order valence-corrected chi connectivity index (χ2v) is 5.86. The van der Waals surface area contributed by atoms with Crippen LogP contribution < -0.4 is 20.1 Å². The summed E-state index contributed by atoms with van der Waals surface area (Å²) in [5.74, 6) is 2.56. The molecule has 0 radical (unpaired) electrons. The second-order valence-electron chi connectivity index (χ2n) is 5.86. The maximum absolute atomic E-state index is 5.73. The molecule has 5 heteroatoms. The Hall–Kier alpha value is -1.91. The van der Waals surface area contributed by atoms with Crippen LogP contribution >= 0.6 is 0 Å². The summed E-state index contributed by atoms with van der Waals surface area (Å²) in [6.07, 6.45) is 7.43. The molecule has 0 aliphatic heterocycles. The van der Waals surface area contributed by atoms with Gasteiger partial charge >= 0.3 is 0 Å². The van der Waals surface area contributed by atoms with Crippen LogP contribution in [0.1, 0.15) is 38.5 Å². The quantitative estimate of drug-likeness (QED) is 0.461. The molecule has 0 saturated heterocycles. The van der Waals surface area contributed by atoms with Crippen molar-refractivity contribution in [3.63, 3.8) is 0 Å². The smallest absolute Gasteiger partial charge is 0.191 e. The fourth-order valence-corrected chi connectivity index (χ4v) is 2.79. The minimum Gasteiger partial charge on any atom is -0.497 e. The third-order valence-electron chi connectivity index (χ3n) is 4.09. The van der Waals surface area contributed by atoms with E-state index in [9.17, 15) is 0 Å². The molecule has 1 aliphatic carbocycles. The van der Waals surface area contributed by atoms with Crippen LogP contribution in [0.4, 0.5) is 0 Å². The van der Waals surface area contributed by atoms with Crippen molar-refractivity contribution in [1.82, 2.24) is 10.6 Å². The zero-order valence-electron chi connectivity index (χ0n) is 14.3. The van der Waals surface area contributed by atoms with Gasteiger partial charge in [-0.25, -0.2) is 0 Å². The van der Waals surface area contributed by atoms with Crippen LogP contribution in [-0.4, -0.2) is 39.3 Å². The van der Waals surface area contributed by atoms with E-state index in [-0.39, 0.29) is 0 Å². The van der Waals surface area contributed by atoms with Crippen molar-refractivity contribution in [2.24, 2.45) is 4.99 Å². The number of hydrogen-bond acceptors (Lipinski definition) is 3. The first kappa shape index (κ1) is 17.4. The lowest BCUT2D eigenvalue weighted by Crippen LogP contribution is -2.44. The van der Waals surface area contributed by atoms with Crippen LogP contribution in [-0.2, 0) is 0 Å². The number of guanidine groups is 1. The molecule has 5 nitrogen and oxygen atoms in total. The summed E-state index contributed by atoms with van der Waals surface area (Å²) in [6, 6.07) is 8.26. The minimum absolute atomic E-state index is 0.572. The molecule has 0 atom stereocenters. The molecule has 1 saturated carbocycles. The van der Waals surface area contributed by atoms with Gasteiger partial charge in [-0.1, -0.05) is 25.3 Å². The van der Waals surface area contributed by atoms with Crippen molar-refractivity contribution in [3.8, 4) is 11.5 Å². The molecule has 128 valence electrons. The molecular formula is C18H29N3O2. The molecule has 2 N–H and O–H groups in total. The van der Waals surface area contributed by atoms with Gasteiger partial charge in [-0.15, -0.1) is 0 Å². The van der Waals surface area contributed by atoms with E-state index in [1.807, 2.05) is 31.3 Å². The predicted molar refractivity (Wildman–Crippen MR) is 94.5 cm³/mol. The predicted octanol–water partition coefficient (Wildman–Crippen LogP) is 2.96. The van der Waals surface area contributed by atoms with E-state index in [2.05, 4.69) is 15.6 Å². The molecule has 1 aliphatic rings. The number of methoxy groups -OCH3 is 1. The third-order valence-corrected chi connectivity index (χ3v) is 4.09. The second kappa shape index (κ2) is 9.98. The first-order valence-corrected chi connectivity index (χ1v) is 8.56. The maximum atomic E-state index is 5.73. The summed E-state index contributed by atoms with van der Waals surface area (Å²) < 4.78 is 10.9. The highest BCUT2D eigenvalue weighted by Gasteiger charge is 2.14. The van der Waals surface area contributed by atoms with Crippen molar-refractivity contribution < 1.29 is 9.47 Å². The van der Waals surface area contributed by atoms with Crippen molar-refractivity contribution in [1.29, 1.82) is 0 Å².